The number of likely N-dealkylation sites (N-methyl/N-ethyl adjacent to an activating group) is 1. The number of ether oxygens (including phenoxy) is 1. The summed E-state index contributed by atoms with van der Waals surface area (Å²) < 4.78 is 5.07. The van der Waals surface area contributed by atoms with Crippen LogP contribution in [-0.2, 0) is 4.74 Å². The van der Waals surface area contributed by atoms with E-state index in [9.17, 15) is 5.11 Å². The molecule has 0 spiro atoms. The van der Waals surface area contributed by atoms with E-state index in [1.54, 1.807) is 7.11 Å². The summed E-state index contributed by atoms with van der Waals surface area (Å²) in [5, 5.41) is 9.82. The summed E-state index contributed by atoms with van der Waals surface area (Å²) in [5.41, 5.74) is 0. The summed E-state index contributed by atoms with van der Waals surface area (Å²) in [6.07, 6.45) is 0.789. The second-order valence-corrected chi connectivity index (χ2v) is 4.20. The highest BCUT2D eigenvalue weighted by Crippen LogP contribution is 2.09. The molecule has 0 aliphatic carbocycles. The van der Waals surface area contributed by atoms with Crippen molar-refractivity contribution in [2.75, 3.05) is 27.3 Å². The molecule has 3 nitrogen and oxygen atoms in total. The van der Waals surface area contributed by atoms with E-state index < -0.39 is 0 Å². The minimum absolute atomic E-state index is 0.232. The molecule has 86 valence electrons. The van der Waals surface area contributed by atoms with Gasteiger partial charge in [0.25, 0.3) is 0 Å². The fraction of sp³-hybridized carbons (Fsp3) is 1.00. The zero-order valence-corrected chi connectivity index (χ0v) is 10.2. The Kier molecular flexibility index (Phi) is 7.15. The Balaban J connectivity index is 3.85. The van der Waals surface area contributed by atoms with Crippen LogP contribution in [0.4, 0.5) is 0 Å². The van der Waals surface area contributed by atoms with Crippen LogP contribution in [0.25, 0.3) is 0 Å². The first-order valence-electron chi connectivity index (χ1n) is 5.40. The van der Waals surface area contributed by atoms with Crippen LogP contribution in [0.15, 0.2) is 0 Å². The van der Waals surface area contributed by atoms with Gasteiger partial charge >= 0.3 is 0 Å². The second kappa shape index (κ2) is 7.21. The number of rotatable bonds is 7. The van der Waals surface area contributed by atoms with Gasteiger partial charge in [-0.15, -0.1) is 0 Å². The third-order valence-corrected chi connectivity index (χ3v) is 2.94. The smallest absolute Gasteiger partial charge is 0.0692 e. The van der Waals surface area contributed by atoms with Crippen molar-refractivity contribution in [1.82, 2.24) is 4.90 Å². The zero-order chi connectivity index (χ0) is 11.1. The van der Waals surface area contributed by atoms with E-state index in [4.69, 9.17) is 4.74 Å². The largest absolute Gasteiger partial charge is 0.392 e. The van der Waals surface area contributed by atoms with Crippen molar-refractivity contribution in [2.45, 2.75) is 39.3 Å². The van der Waals surface area contributed by atoms with Crippen LogP contribution in [0.3, 0.4) is 0 Å². The number of hydrogen-bond donors (Lipinski definition) is 1. The highest BCUT2D eigenvalue weighted by molar-refractivity contribution is 4.70. The molecule has 0 saturated heterocycles. The quantitative estimate of drug-likeness (QED) is 0.678. The Hall–Kier alpha value is -0.120. The third kappa shape index (κ3) is 4.94. The minimum Gasteiger partial charge on any atom is -0.392 e. The Morgan fingerprint density at radius 2 is 1.93 bits per heavy atom. The highest BCUT2D eigenvalue weighted by Gasteiger charge is 2.17. The molecule has 0 amide bonds. The highest BCUT2D eigenvalue weighted by atomic mass is 16.5. The van der Waals surface area contributed by atoms with Crippen molar-refractivity contribution in [1.29, 1.82) is 0 Å². The van der Waals surface area contributed by atoms with E-state index in [0.29, 0.717) is 18.6 Å². The molecule has 0 rings (SSSR count). The van der Waals surface area contributed by atoms with Crippen LogP contribution in [0.2, 0.25) is 0 Å². The van der Waals surface area contributed by atoms with Crippen molar-refractivity contribution in [3.63, 3.8) is 0 Å². The van der Waals surface area contributed by atoms with E-state index in [-0.39, 0.29) is 6.10 Å². The van der Waals surface area contributed by atoms with Gasteiger partial charge in [0.1, 0.15) is 0 Å². The molecule has 0 aromatic carbocycles. The van der Waals surface area contributed by atoms with Gasteiger partial charge in [-0.2, -0.15) is 0 Å². The molecular formula is C11H25NO2. The Morgan fingerprint density at radius 3 is 2.36 bits per heavy atom. The average molecular weight is 203 g/mol. The van der Waals surface area contributed by atoms with Gasteiger partial charge in [0.15, 0.2) is 0 Å². The lowest BCUT2D eigenvalue weighted by molar-refractivity contribution is 0.0451. The summed E-state index contributed by atoms with van der Waals surface area (Å²) in [6.45, 7) is 7.72. The number of nitrogens with zero attached hydrogens (tertiary/aromatic N) is 1. The molecule has 0 aliphatic rings. The standard InChI is InChI=1S/C11H25NO2/c1-6-9(2)11(13)7-12(4)10(3)8-14-5/h9-11,13H,6-8H2,1-5H3. The topological polar surface area (TPSA) is 32.7 Å². The molecule has 0 aromatic heterocycles. The fourth-order valence-electron chi connectivity index (χ4n) is 1.30. The molecule has 14 heavy (non-hydrogen) atoms. The predicted molar refractivity (Wildman–Crippen MR) is 59.4 cm³/mol. The first-order chi connectivity index (χ1) is 6.52. The maximum atomic E-state index is 9.82. The third-order valence-electron chi connectivity index (χ3n) is 2.94. The van der Waals surface area contributed by atoms with Crippen LogP contribution < -0.4 is 0 Å². The maximum absolute atomic E-state index is 9.82. The molecule has 3 atom stereocenters. The Morgan fingerprint density at radius 1 is 1.36 bits per heavy atom. The summed E-state index contributed by atoms with van der Waals surface area (Å²) in [6, 6.07) is 0.360. The molecule has 0 saturated carbocycles. The first-order valence-corrected chi connectivity index (χ1v) is 5.40. The molecule has 0 heterocycles. The van der Waals surface area contributed by atoms with Gasteiger partial charge in [0, 0.05) is 19.7 Å². The monoisotopic (exact) mass is 203 g/mol. The summed E-state index contributed by atoms with van der Waals surface area (Å²) in [4.78, 5) is 2.14. The van der Waals surface area contributed by atoms with E-state index in [0.717, 1.165) is 13.0 Å². The fourth-order valence-corrected chi connectivity index (χ4v) is 1.30. The Bertz CT molecular complexity index is 141. The minimum atomic E-state index is -0.232. The van der Waals surface area contributed by atoms with E-state index in [2.05, 4.69) is 25.7 Å². The van der Waals surface area contributed by atoms with Crippen molar-refractivity contribution in [3.05, 3.63) is 0 Å². The molecule has 0 bridgehead atoms. The molecule has 0 aromatic rings. The molecular weight excluding hydrogens is 178 g/mol. The zero-order valence-electron chi connectivity index (χ0n) is 10.2. The van der Waals surface area contributed by atoms with E-state index in [1.165, 1.54) is 0 Å². The average Bonchev–Trinajstić information content (AvgIpc) is 2.16. The van der Waals surface area contributed by atoms with Crippen LogP contribution in [0.1, 0.15) is 27.2 Å². The Labute approximate surface area is 88.1 Å². The lowest BCUT2D eigenvalue weighted by atomic mass is 10.0. The normalized spacial score (nSPS) is 18.2. The number of aliphatic hydroxyl groups excluding tert-OH is 1. The van der Waals surface area contributed by atoms with Crippen molar-refractivity contribution >= 4 is 0 Å². The van der Waals surface area contributed by atoms with Gasteiger partial charge in [0.05, 0.1) is 12.7 Å². The summed E-state index contributed by atoms with van der Waals surface area (Å²) in [5.74, 6) is 0.368. The molecule has 0 fully saturated rings. The number of methoxy groups -OCH3 is 1. The van der Waals surface area contributed by atoms with E-state index in [1.807, 2.05) is 7.05 Å². The lowest BCUT2D eigenvalue weighted by Crippen LogP contribution is -2.40. The van der Waals surface area contributed by atoms with E-state index >= 15 is 0 Å². The van der Waals surface area contributed by atoms with Crippen LogP contribution in [0.5, 0.6) is 0 Å². The van der Waals surface area contributed by atoms with Gasteiger partial charge in [-0.3, -0.25) is 4.90 Å². The molecule has 3 heteroatoms. The lowest BCUT2D eigenvalue weighted by Gasteiger charge is -2.28. The molecule has 1 N–H and O–H groups in total. The number of hydrogen-bond acceptors (Lipinski definition) is 3. The molecule has 0 radical (unpaired) electrons. The van der Waals surface area contributed by atoms with Gasteiger partial charge in [0.2, 0.25) is 0 Å². The van der Waals surface area contributed by atoms with Crippen LogP contribution in [0, 0.1) is 5.92 Å². The summed E-state index contributed by atoms with van der Waals surface area (Å²) >= 11 is 0. The van der Waals surface area contributed by atoms with Crippen molar-refractivity contribution in [3.8, 4) is 0 Å². The SMILES string of the molecule is CCC(C)C(O)CN(C)C(C)COC. The first kappa shape index (κ1) is 13.9. The summed E-state index contributed by atoms with van der Waals surface area (Å²) in [7, 11) is 3.73. The second-order valence-electron chi connectivity index (χ2n) is 4.20. The van der Waals surface area contributed by atoms with Gasteiger partial charge in [-0.25, -0.2) is 0 Å². The van der Waals surface area contributed by atoms with Gasteiger partial charge < -0.3 is 9.84 Å². The van der Waals surface area contributed by atoms with Gasteiger partial charge in [-0.05, 0) is 19.9 Å². The number of aliphatic hydroxyl groups is 1. The maximum Gasteiger partial charge on any atom is 0.0692 e. The predicted octanol–water partition coefficient (Wildman–Crippen LogP) is 1.36. The van der Waals surface area contributed by atoms with Crippen molar-refractivity contribution in [2.24, 2.45) is 5.92 Å². The molecule has 0 aliphatic heterocycles. The molecule has 3 unspecified atom stereocenters. The van der Waals surface area contributed by atoms with Crippen molar-refractivity contribution < 1.29 is 9.84 Å². The van der Waals surface area contributed by atoms with Gasteiger partial charge in [-0.1, -0.05) is 20.3 Å². The van der Waals surface area contributed by atoms with Crippen LogP contribution in [-0.4, -0.2) is 49.5 Å². The van der Waals surface area contributed by atoms with Crippen LogP contribution >= 0.6 is 0 Å².